The van der Waals surface area contributed by atoms with Crippen LogP contribution in [0.5, 0.6) is 0 Å². The number of rotatable bonds is 3. The van der Waals surface area contributed by atoms with E-state index < -0.39 is 11.8 Å². The van der Waals surface area contributed by atoms with Crippen molar-refractivity contribution in [3.8, 4) is 0 Å². The molecule has 1 aromatic heterocycles. The van der Waals surface area contributed by atoms with Crippen molar-refractivity contribution in [3.05, 3.63) is 58.9 Å². The average molecular weight is 304 g/mol. The summed E-state index contributed by atoms with van der Waals surface area (Å²) in [7, 11) is 0. The highest BCUT2D eigenvalue weighted by atomic mass is 35.5. The van der Waals surface area contributed by atoms with Gasteiger partial charge in [-0.1, -0.05) is 17.7 Å². The summed E-state index contributed by atoms with van der Waals surface area (Å²) in [4.78, 5) is 27.4. The number of nitrogens with zero attached hydrogens (tertiary/aromatic N) is 1. The van der Waals surface area contributed by atoms with Crippen molar-refractivity contribution in [3.63, 3.8) is 0 Å². The molecule has 0 aliphatic rings. The molecule has 2 rings (SSSR count). The largest absolute Gasteiger partial charge is 0.344 e. The molecule has 0 unspecified atom stereocenters. The normalized spacial score (nSPS) is 10.0. The van der Waals surface area contributed by atoms with Gasteiger partial charge in [-0.25, -0.2) is 0 Å². The molecule has 0 radical (unpaired) electrons. The third-order valence-corrected chi connectivity index (χ3v) is 3.33. The predicted molar refractivity (Wildman–Crippen MR) is 80.9 cm³/mol. The van der Waals surface area contributed by atoms with Crippen LogP contribution in [0.25, 0.3) is 0 Å². The van der Waals surface area contributed by atoms with E-state index in [0.29, 0.717) is 10.7 Å². The zero-order chi connectivity index (χ0) is 15.2. The van der Waals surface area contributed by atoms with E-state index in [9.17, 15) is 9.59 Å². The van der Waals surface area contributed by atoms with Crippen molar-refractivity contribution < 1.29 is 9.59 Å². The van der Waals surface area contributed by atoms with Crippen LogP contribution in [0.4, 0.5) is 5.69 Å². The van der Waals surface area contributed by atoms with Gasteiger partial charge in [0, 0.05) is 29.6 Å². The lowest BCUT2D eigenvalue weighted by Crippen LogP contribution is -2.35. The van der Waals surface area contributed by atoms with Crippen LogP contribution in [0.15, 0.2) is 42.7 Å². The predicted octanol–water partition coefficient (Wildman–Crippen LogP) is 2.30. The molecule has 21 heavy (non-hydrogen) atoms. The number of carbonyl (C=O) groups is 2. The van der Waals surface area contributed by atoms with Gasteiger partial charge < -0.3 is 10.6 Å². The van der Waals surface area contributed by atoms with Crippen LogP contribution < -0.4 is 10.6 Å². The Kier molecular flexibility index (Phi) is 4.90. The Balaban J connectivity index is 1.94. The van der Waals surface area contributed by atoms with E-state index in [4.69, 9.17) is 11.6 Å². The molecule has 0 atom stereocenters. The maximum atomic E-state index is 11.8. The van der Waals surface area contributed by atoms with Gasteiger partial charge in [0.25, 0.3) is 0 Å². The molecule has 1 heterocycles. The number of aromatic nitrogens is 1. The van der Waals surface area contributed by atoms with Crippen molar-refractivity contribution in [2.45, 2.75) is 13.5 Å². The summed E-state index contributed by atoms with van der Waals surface area (Å²) in [6.07, 6.45) is 3.24. The lowest BCUT2D eigenvalue weighted by Gasteiger charge is -2.09. The van der Waals surface area contributed by atoms with E-state index in [1.54, 1.807) is 49.6 Å². The highest BCUT2D eigenvalue weighted by Gasteiger charge is 2.14. The third kappa shape index (κ3) is 4.03. The number of pyridine rings is 1. The van der Waals surface area contributed by atoms with Crippen molar-refractivity contribution in [1.29, 1.82) is 0 Å². The fourth-order valence-electron chi connectivity index (χ4n) is 1.69. The van der Waals surface area contributed by atoms with Crippen LogP contribution in [0, 0.1) is 6.92 Å². The highest BCUT2D eigenvalue weighted by molar-refractivity contribution is 6.40. The number of hydrogen-bond donors (Lipinski definition) is 2. The molecule has 0 aliphatic carbocycles. The summed E-state index contributed by atoms with van der Waals surface area (Å²) in [5, 5.41) is 5.61. The minimum atomic E-state index is -0.727. The van der Waals surface area contributed by atoms with E-state index in [0.717, 1.165) is 11.1 Å². The van der Waals surface area contributed by atoms with Crippen LogP contribution in [0.1, 0.15) is 11.1 Å². The Morgan fingerprint density at radius 2 is 1.86 bits per heavy atom. The maximum absolute atomic E-state index is 11.8. The number of nitrogens with one attached hydrogen (secondary N) is 2. The fourth-order valence-corrected chi connectivity index (χ4v) is 1.86. The Morgan fingerprint density at radius 1 is 1.14 bits per heavy atom. The number of anilines is 1. The molecule has 2 amide bonds. The molecule has 0 aliphatic heterocycles. The van der Waals surface area contributed by atoms with Crippen LogP contribution in [0.3, 0.4) is 0 Å². The van der Waals surface area contributed by atoms with Gasteiger partial charge in [-0.2, -0.15) is 0 Å². The van der Waals surface area contributed by atoms with Gasteiger partial charge in [0.2, 0.25) is 0 Å². The van der Waals surface area contributed by atoms with Gasteiger partial charge in [-0.3, -0.25) is 14.6 Å². The second-order valence-electron chi connectivity index (χ2n) is 4.40. The lowest BCUT2D eigenvalue weighted by molar-refractivity contribution is -0.136. The number of carbonyl (C=O) groups excluding carboxylic acids is 2. The summed E-state index contributed by atoms with van der Waals surface area (Å²) < 4.78 is 0. The maximum Gasteiger partial charge on any atom is 0.313 e. The minimum absolute atomic E-state index is 0.267. The summed E-state index contributed by atoms with van der Waals surface area (Å²) in [5.41, 5.74) is 2.10. The molecule has 0 bridgehead atoms. The molecule has 2 N–H and O–H groups in total. The van der Waals surface area contributed by atoms with Crippen molar-refractivity contribution in [2.24, 2.45) is 0 Å². The first kappa shape index (κ1) is 15.0. The summed E-state index contributed by atoms with van der Waals surface area (Å²) in [5.74, 6) is -1.43. The number of amides is 2. The Hall–Kier alpha value is -2.40. The van der Waals surface area contributed by atoms with Gasteiger partial charge in [0.1, 0.15) is 0 Å². The van der Waals surface area contributed by atoms with Crippen LogP contribution in [-0.2, 0) is 16.1 Å². The van der Waals surface area contributed by atoms with E-state index in [2.05, 4.69) is 15.6 Å². The molecule has 0 saturated heterocycles. The quantitative estimate of drug-likeness (QED) is 0.855. The van der Waals surface area contributed by atoms with Gasteiger partial charge in [-0.15, -0.1) is 0 Å². The third-order valence-electron chi connectivity index (χ3n) is 2.92. The molecule has 2 aromatic rings. The van der Waals surface area contributed by atoms with Crippen LogP contribution >= 0.6 is 11.6 Å². The van der Waals surface area contributed by atoms with E-state index in [-0.39, 0.29) is 6.54 Å². The fraction of sp³-hybridized carbons (Fsp3) is 0.133. The molecule has 1 aromatic carbocycles. The van der Waals surface area contributed by atoms with E-state index in [1.165, 1.54) is 0 Å². The lowest BCUT2D eigenvalue weighted by atomic mass is 10.2. The van der Waals surface area contributed by atoms with Crippen LogP contribution in [0.2, 0.25) is 5.02 Å². The Labute approximate surface area is 127 Å². The SMILES string of the molecule is Cc1c(Cl)cccc1NC(=O)C(=O)NCc1ccncc1. The van der Waals surface area contributed by atoms with E-state index in [1.807, 2.05) is 0 Å². The minimum Gasteiger partial charge on any atom is -0.344 e. The van der Waals surface area contributed by atoms with Gasteiger partial charge >= 0.3 is 11.8 Å². The average Bonchev–Trinajstić information content (AvgIpc) is 2.50. The van der Waals surface area contributed by atoms with Crippen molar-refractivity contribution >= 4 is 29.1 Å². The molecular formula is C15H14ClN3O2. The zero-order valence-corrected chi connectivity index (χ0v) is 12.1. The Bertz CT molecular complexity index is 659. The van der Waals surface area contributed by atoms with Crippen LogP contribution in [-0.4, -0.2) is 16.8 Å². The summed E-state index contributed by atoms with van der Waals surface area (Å²) in [6, 6.07) is 8.64. The van der Waals surface area contributed by atoms with Gasteiger partial charge in [0.15, 0.2) is 0 Å². The molecular weight excluding hydrogens is 290 g/mol. The van der Waals surface area contributed by atoms with Gasteiger partial charge in [-0.05, 0) is 42.3 Å². The Morgan fingerprint density at radius 3 is 2.57 bits per heavy atom. The summed E-state index contributed by atoms with van der Waals surface area (Å²) >= 11 is 5.96. The first-order valence-corrected chi connectivity index (χ1v) is 6.69. The first-order chi connectivity index (χ1) is 10.1. The number of benzene rings is 1. The van der Waals surface area contributed by atoms with Crippen molar-refractivity contribution in [2.75, 3.05) is 5.32 Å². The molecule has 108 valence electrons. The summed E-state index contributed by atoms with van der Waals surface area (Å²) in [6.45, 7) is 2.04. The van der Waals surface area contributed by atoms with Gasteiger partial charge in [0.05, 0.1) is 0 Å². The number of halogens is 1. The second-order valence-corrected chi connectivity index (χ2v) is 4.81. The second kappa shape index (κ2) is 6.85. The first-order valence-electron chi connectivity index (χ1n) is 6.31. The monoisotopic (exact) mass is 303 g/mol. The zero-order valence-electron chi connectivity index (χ0n) is 11.4. The van der Waals surface area contributed by atoms with Crippen molar-refractivity contribution in [1.82, 2.24) is 10.3 Å². The number of hydrogen-bond acceptors (Lipinski definition) is 3. The smallest absolute Gasteiger partial charge is 0.313 e. The highest BCUT2D eigenvalue weighted by Crippen LogP contribution is 2.22. The standard InChI is InChI=1S/C15H14ClN3O2/c1-10-12(16)3-2-4-13(10)19-15(21)14(20)18-9-11-5-7-17-8-6-11/h2-8H,9H2,1H3,(H,18,20)(H,19,21). The topological polar surface area (TPSA) is 71.1 Å². The molecule has 0 spiro atoms. The molecule has 0 fully saturated rings. The molecule has 6 heteroatoms. The molecule has 0 saturated carbocycles. The molecule has 5 nitrogen and oxygen atoms in total. The van der Waals surface area contributed by atoms with E-state index >= 15 is 0 Å².